The molecule has 2 rings (SSSR count). The molecule has 0 saturated heterocycles. The maximum atomic E-state index is 8.90. The van der Waals surface area contributed by atoms with Gasteiger partial charge in [-0.3, -0.25) is 0 Å². The maximum absolute atomic E-state index is 8.90. The van der Waals surface area contributed by atoms with E-state index in [0.29, 0.717) is 0 Å². The molecule has 0 spiro atoms. The van der Waals surface area contributed by atoms with Crippen molar-refractivity contribution >= 4 is 10.8 Å². The molecular formula is C12H13NO. The first kappa shape index (κ1) is 9.19. The van der Waals surface area contributed by atoms with Crippen LogP contribution in [0.3, 0.4) is 0 Å². The molecule has 72 valence electrons. The maximum Gasteiger partial charge on any atom is 0.0546 e. The fourth-order valence-corrected chi connectivity index (χ4v) is 1.70. The summed E-state index contributed by atoms with van der Waals surface area (Å²) in [5, 5.41) is 11.3. The Morgan fingerprint density at radius 2 is 1.79 bits per heavy atom. The number of hydroxylamine groups is 1. The third-order valence-corrected chi connectivity index (χ3v) is 2.48. The summed E-state index contributed by atoms with van der Waals surface area (Å²) in [7, 11) is 0. The number of hydrogen-bond donors (Lipinski definition) is 2. The van der Waals surface area contributed by atoms with Crippen LogP contribution in [0, 0.1) is 0 Å². The summed E-state index contributed by atoms with van der Waals surface area (Å²) in [4.78, 5) is 0. The minimum atomic E-state index is -0.0406. The molecule has 0 unspecified atom stereocenters. The standard InChI is InChI=1S/C12H13NO/c1-9(13-14)11-8-4-6-10-5-2-3-7-12(10)11/h2-9,13-14H,1H3/t9-/m1/s1. The molecule has 2 aromatic rings. The van der Waals surface area contributed by atoms with Crippen LogP contribution in [0.2, 0.25) is 0 Å². The highest BCUT2D eigenvalue weighted by atomic mass is 16.5. The van der Waals surface area contributed by atoms with Crippen molar-refractivity contribution in [2.75, 3.05) is 0 Å². The van der Waals surface area contributed by atoms with Crippen molar-refractivity contribution in [2.45, 2.75) is 13.0 Å². The smallest absolute Gasteiger partial charge is 0.0546 e. The van der Waals surface area contributed by atoms with Gasteiger partial charge >= 0.3 is 0 Å². The lowest BCUT2D eigenvalue weighted by atomic mass is 10.0. The fraction of sp³-hybridized carbons (Fsp3) is 0.167. The lowest BCUT2D eigenvalue weighted by Gasteiger charge is -2.12. The van der Waals surface area contributed by atoms with E-state index in [9.17, 15) is 0 Å². The number of benzene rings is 2. The van der Waals surface area contributed by atoms with Gasteiger partial charge in [-0.1, -0.05) is 42.5 Å². The molecule has 0 heterocycles. The molecule has 0 fully saturated rings. The highest BCUT2D eigenvalue weighted by Gasteiger charge is 2.06. The lowest BCUT2D eigenvalue weighted by Crippen LogP contribution is -2.13. The highest BCUT2D eigenvalue weighted by Crippen LogP contribution is 2.23. The second-order valence-electron chi connectivity index (χ2n) is 3.42. The van der Waals surface area contributed by atoms with Crippen LogP contribution in [-0.2, 0) is 0 Å². The zero-order valence-electron chi connectivity index (χ0n) is 8.07. The quantitative estimate of drug-likeness (QED) is 0.708. The number of nitrogens with one attached hydrogen (secondary N) is 1. The summed E-state index contributed by atoms with van der Waals surface area (Å²) >= 11 is 0. The minimum absolute atomic E-state index is 0.0406. The van der Waals surface area contributed by atoms with Gasteiger partial charge in [0.05, 0.1) is 6.04 Å². The van der Waals surface area contributed by atoms with Crippen LogP contribution in [0.5, 0.6) is 0 Å². The van der Waals surface area contributed by atoms with Gasteiger partial charge < -0.3 is 5.21 Å². The molecular weight excluding hydrogens is 174 g/mol. The average molecular weight is 187 g/mol. The molecule has 0 aliphatic heterocycles. The summed E-state index contributed by atoms with van der Waals surface area (Å²) in [5.74, 6) is 0. The van der Waals surface area contributed by atoms with Gasteiger partial charge in [0.25, 0.3) is 0 Å². The topological polar surface area (TPSA) is 32.3 Å². The van der Waals surface area contributed by atoms with Crippen molar-refractivity contribution in [1.82, 2.24) is 5.48 Å². The van der Waals surface area contributed by atoms with Crippen LogP contribution in [0.25, 0.3) is 10.8 Å². The minimum Gasteiger partial charge on any atom is -0.316 e. The van der Waals surface area contributed by atoms with E-state index in [0.717, 1.165) is 5.56 Å². The zero-order valence-corrected chi connectivity index (χ0v) is 8.07. The Morgan fingerprint density at radius 3 is 2.57 bits per heavy atom. The van der Waals surface area contributed by atoms with Crippen molar-refractivity contribution in [1.29, 1.82) is 0 Å². The highest BCUT2D eigenvalue weighted by molar-refractivity contribution is 5.86. The number of rotatable bonds is 2. The fourth-order valence-electron chi connectivity index (χ4n) is 1.70. The molecule has 0 amide bonds. The van der Waals surface area contributed by atoms with E-state index in [1.54, 1.807) is 0 Å². The molecule has 1 atom stereocenters. The van der Waals surface area contributed by atoms with E-state index >= 15 is 0 Å². The molecule has 0 saturated carbocycles. The van der Waals surface area contributed by atoms with Crippen LogP contribution >= 0.6 is 0 Å². The molecule has 0 aliphatic rings. The Morgan fingerprint density at radius 1 is 1.07 bits per heavy atom. The Hall–Kier alpha value is -1.38. The SMILES string of the molecule is C[C@@H](NO)c1cccc2ccccc12. The van der Waals surface area contributed by atoms with E-state index in [-0.39, 0.29) is 6.04 Å². The van der Waals surface area contributed by atoms with Gasteiger partial charge in [-0.15, -0.1) is 0 Å². The summed E-state index contributed by atoms with van der Waals surface area (Å²) in [5.41, 5.74) is 3.39. The molecule has 0 aliphatic carbocycles. The molecule has 2 heteroatoms. The van der Waals surface area contributed by atoms with Crippen LogP contribution in [-0.4, -0.2) is 5.21 Å². The van der Waals surface area contributed by atoms with Gasteiger partial charge in [0.1, 0.15) is 0 Å². The lowest BCUT2D eigenvalue weighted by molar-refractivity contribution is 0.134. The van der Waals surface area contributed by atoms with Crippen LogP contribution < -0.4 is 5.48 Å². The van der Waals surface area contributed by atoms with Crippen LogP contribution in [0.1, 0.15) is 18.5 Å². The van der Waals surface area contributed by atoms with E-state index in [1.165, 1.54) is 10.8 Å². The van der Waals surface area contributed by atoms with Gasteiger partial charge in [-0.2, -0.15) is 5.48 Å². The molecule has 0 radical (unpaired) electrons. The summed E-state index contributed by atoms with van der Waals surface area (Å²) in [6.07, 6.45) is 0. The van der Waals surface area contributed by atoms with Gasteiger partial charge in [-0.25, -0.2) is 0 Å². The second-order valence-corrected chi connectivity index (χ2v) is 3.42. The Balaban J connectivity index is 2.65. The van der Waals surface area contributed by atoms with E-state index in [1.807, 2.05) is 31.2 Å². The van der Waals surface area contributed by atoms with Gasteiger partial charge in [0, 0.05) is 0 Å². The third-order valence-electron chi connectivity index (χ3n) is 2.48. The molecule has 0 aromatic heterocycles. The number of hydrogen-bond acceptors (Lipinski definition) is 2. The molecule has 14 heavy (non-hydrogen) atoms. The Kier molecular flexibility index (Phi) is 2.48. The van der Waals surface area contributed by atoms with Crippen molar-refractivity contribution in [3.05, 3.63) is 48.0 Å². The first-order valence-electron chi connectivity index (χ1n) is 4.70. The van der Waals surface area contributed by atoms with Gasteiger partial charge in [0.15, 0.2) is 0 Å². The molecule has 2 N–H and O–H groups in total. The van der Waals surface area contributed by atoms with Crippen molar-refractivity contribution in [2.24, 2.45) is 0 Å². The van der Waals surface area contributed by atoms with E-state index in [2.05, 4.69) is 23.7 Å². The number of fused-ring (bicyclic) bond motifs is 1. The van der Waals surface area contributed by atoms with Gasteiger partial charge in [-0.05, 0) is 23.3 Å². The molecule has 2 nitrogen and oxygen atoms in total. The van der Waals surface area contributed by atoms with Gasteiger partial charge in [0.2, 0.25) is 0 Å². The predicted octanol–water partition coefficient (Wildman–Crippen LogP) is 2.88. The average Bonchev–Trinajstić information content (AvgIpc) is 2.27. The van der Waals surface area contributed by atoms with Crippen LogP contribution in [0.15, 0.2) is 42.5 Å². The largest absolute Gasteiger partial charge is 0.316 e. The first-order valence-corrected chi connectivity index (χ1v) is 4.70. The van der Waals surface area contributed by atoms with Crippen molar-refractivity contribution < 1.29 is 5.21 Å². The zero-order chi connectivity index (χ0) is 9.97. The van der Waals surface area contributed by atoms with Crippen molar-refractivity contribution in [3.8, 4) is 0 Å². The molecule has 2 aromatic carbocycles. The predicted molar refractivity (Wildman–Crippen MR) is 57.3 cm³/mol. The first-order chi connectivity index (χ1) is 6.83. The normalized spacial score (nSPS) is 13.0. The monoisotopic (exact) mass is 187 g/mol. The van der Waals surface area contributed by atoms with Crippen LogP contribution in [0.4, 0.5) is 0 Å². The van der Waals surface area contributed by atoms with E-state index < -0.39 is 0 Å². The van der Waals surface area contributed by atoms with E-state index in [4.69, 9.17) is 5.21 Å². The summed E-state index contributed by atoms with van der Waals surface area (Å²) in [6.45, 7) is 1.93. The summed E-state index contributed by atoms with van der Waals surface area (Å²) in [6, 6.07) is 14.2. The third kappa shape index (κ3) is 1.50. The second kappa shape index (κ2) is 3.78. The Labute approximate surface area is 83.1 Å². The van der Waals surface area contributed by atoms with Crippen molar-refractivity contribution in [3.63, 3.8) is 0 Å². The Bertz CT molecular complexity index is 434. The molecule has 0 bridgehead atoms. The summed E-state index contributed by atoms with van der Waals surface area (Å²) < 4.78 is 0.